The molecule has 0 aliphatic rings. The highest BCUT2D eigenvalue weighted by molar-refractivity contribution is 5.71. The number of carbonyl (C=O) groups is 1. The maximum atomic E-state index is 10.6. The standard InChI is InChI=1S/C12H16O3/c1-8(2)15-11-6-9(3)4-5-10(11)7-12(13)14/h4-6,8H,7H2,1-3H3,(H,13,14). The Hall–Kier alpha value is -1.51. The quantitative estimate of drug-likeness (QED) is 0.826. The van der Waals surface area contributed by atoms with Gasteiger partial charge in [-0.05, 0) is 32.4 Å². The first-order chi connectivity index (χ1) is 6.99. The first-order valence-corrected chi connectivity index (χ1v) is 4.97. The lowest BCUT2D eigenvalue weighted by molar-refractivity contribution is -0.136. The van der Waals surface area contributed by atoms with E-state index >= 15 is 0 Å². The normalized spacial score (nSPS) is 10.4. The SMILES string of the molecule is Cc1ccc(CC(=O)O)c(OC(C)C)c1. The van der Waals surface area contributed by atoms with Crippen molar-refractivity contribution in [1.29, 1.82) is 0 Å². The van der Waals surface area contributed by atoms with Crippen molar-refractivity contribution >= 4 is 5.97 Å². The maximum Gasteiger partial charge on any atom is 0.307 e. The molecule has 0 heterocycles. The van der Waals surface area contributed by atoms with E-state index in [1.54, 1.807) is 6.07 Å². The van der Waals surface area contributed by atoms with E-state index in [1.165, 1.54) is 0 Å². The van der Waals surface area contributed by atoms with Gasteiger partial charge in [-0.3, -0.25) is 4.79 Å². The lowest BCUT2D eigenvalue weighted by atomic mass is 10.1. The zero-order valence-corrected chi connectivity index (χ0v) is 9.28. The lowest BCUT2D eigenvalue weighted by Gasteiger charge is -2.14. The van der Waals surface area contributed by atoms with Crippen LogP contribution in [-0.2, 0) is 11.2 Å². The molecule has 0 amide bonds. The highest BCUT2D eigenvalue weighted by atomic mass is 16.5. The molecular formula is C12H16O3. The third-order valence-corrected chi connectivity index (χ3v) is 1.93. The molecule has 0 saturated heterocycles. The minimum Gasteiger partial charge on any atom is -0.491 e. The molecule has 0 aromatic heterocycles. The van der Waals surface area contributed by atoms with Crippen LogP contribution in [0.3, 0.4) is 0 Å². The molecule has 0 fully saturated rings. The molecule has 82 valence electrons. The summed E-state index contributed by atoms with van der Waals surface area (Å²) in [5.41, 5.74) is 1.79. The number of aliphatic carboxylic acids is 1. The summed E-state index contributed by atoms with van der Waals surface area (Å²) in [5, 5.41) is 8.74. The second-order valence-electron chi connectivity index (χ2n) is 3.85. The predicted octanol–water partition coefficient (Wildman–Crippen LogP) is 2.41. The molecule has 3 heteroatoms. The molecule has 0 aliphatic carbocycles. The fourth-order valence-corrected chi connectivity index (χ4v) is 1.33. The molecule has 0 unspecified atom stereocenters. The van der Waals surface area contributed by atoms with E-state index in [-0.39, 0.29) is 12.5 Å². The molecule has 1 rings (SSSR count). The fraction of sp³-hybridized carbons (Fsp3) is 0.417. The lowest BCUT2D eigenvalue weighted by Crippen LogP contribution is -2.09. The van der Waals surface area contributed by atoms with Crippen molar-refractivity contribution in [3.8, 4) is 5.75 Å². The summed E-state index contributed by atoms with van der Waals surface area (Å²) >= 11 is 0. The summed E-state index contributed by atoms with van der Waals surface area (Å²) in [6.07, 6.45) is 0.0573. The van der Waals surface area contributed by atoms with Crippen molar-refractivity contribution < 1.29 is 14.6 Å². The van der Waals surface area contributed by atoms with Crippen LogP contribution in [-0.4, -0.2) is 17.2 Å². The Morgan fingerprint density at radius 3 is 2.67 bits per heavy atom. The number of benzene rings is 1. The number of rotatable bonds is 4. The van der Waals surface area contributed by atoms with Crippen LogP contribution in [0, 0.1) is 6.92 Å². The van der Waals surface area contributed by atoms with E-state index in [4.69, 9.17) is 9.84 Å². The van der Waals surface area contributed by atoms with Gasteiger partial charge in [0.25, 0.3) is 0 Å². The van der Waals surface area contributed by atoms with Crippen LogP contribution < -0.4 is 4.74 Å². The summed E-state index contributed by atoms with van der Waals surface area (Å²) in [4.78, 5) is 10.6. The predicted molar refractivity (Wildman–Crippen MR) is 58.3 cm³/mol. The van der Waals surface area contributed by atoms with Crippen molar-refractivity contribution in [2.75, 3.05) is 0 Å². The zero-order valence-electron chi connectivity index (χ0n) is 9.28. The van der Waals surface area contributed by atoms with Crippen LogP contribution in [0.5, 0.6) is 5.75 Å². The molecular weight excluding hydrogens is 192 g/mol. The van der Waals surface area contributed by atoms with Crippen LogP contribution in [0.4, 0.5) is 0 Å². The van der Waals surface area contributed by atoms with Gasteiger partial charge in [0.1, 0.15) is 5.75 Å². The molecule has 15 heavy (non-hydrogen) atoms. The van der Waals surface area contributed by atoms with Gasteiger partial charge in [0.2, 0.25) is 0 Å². The van der Waals surface area contributed by atoms with E-state index < -0.39 is 5.97 Å². The van der Waals surface area contributed by atoms with Gasteiger partial charge < -0.3 is 9.84 Å². The topological polar surface area (TPSA) is 46.5 Å². The molecule has 0 atom stereocenters. The van der Waals surface area contributed by atoms with E-state index in [2.05, 4.69) is 0 Å². The van der Waals surface area contributed by atoms with Crippen molar-refractivity contribution in [2.45, 2.75) is 33.3 Å². The Morgan fingerprint density at radius 2 is 2.13 bits per heavy atom. The van der Waals surface area contributed by atoms with Crippen LogP contribution in [0.25, 0.3) is 0 Å². The minimum atomic E-state index is -0.840. The molecule has 0 aliphatic heterocycles. The van der Waals surface area contributed by atoms with Gasteiger partial charge in [-0.1, -0.05) is 12.1 Å². The monoisotopic (exact) mass is 208 g/mol. The van der Waals surface area contributed by atoms with Crippen molar-refractivity contribution in [3.63, 3.8) is 0 Å². The zero-order chi connectivity index (χ0) is 11.4. The highest BCUT2D eigenvalue weighted by Gasteiger charge is 2.09. The van der Waals surface area contributed by atoms with Gasteiger partial charge in [-0.2, -0.15) is 0 Å². The largest absolute Gasteiger partial charge is 0.491 e. The van der Waals surface area contributed by atoms with Crippen molar-refractivity contribution in [3.05, 3.63) is 29.3 Å². The Morgan fingerprint density at radius 1 is 1.47 bits per heavy atom. The van der Waals surface area contributed by atoms with Gasteiger partial charge in [-0.25, -0.2) is 0 Å². The molecule has 0 bridgehead atoms. The molecule has 0 spiro atoms. The van der Waals surface area contributed by atoms with Gasteiger partial charge >= 0.3 is 5.97 Å². The van der Waals surface area contributed by atoms with Crippen LogP contribution in [0.15, 0.2) is 18.2 Å². The van der Waals surface area contributed by atoms with Crippen LogP contribution in [0.1, 0.15) is 25.0 Å². The average Bonchev–Trinajstić information content (AvgIpc) is 2.08. The Labute approximate surface area is 89.7 Å². The number of hydrogen-bond donors (Lipinski definition) is 1. The van der Waals surface area contributed by atoms with E-state index in [0.29, 0.717) is 5.75 Å². The summed E-state index contributed by atoms with van der Waals surface area (Å²) in [7, 11) is 0. The summed E-state index contributed by atoms with van der Waals surface area (Å²) < 4.78 is 5.56. The second-order valence-corrected chi connectivity index (χ2v) is 3.85. The first kappa shape index (κ1) is 11.6. The maximum absolute atomic E-state index is 10.6. The third-order valence-electron chi connectivity index (χ3n) is 1.93. The van der Waals surface area contributed by atoms with Crippen molar-refractivity contribution in [2.24, 2.45) is 0 Å². The van der Waals surface area contributed by atoms with Crippen LogP contribution in [0.2, 0.25) is 0 Å². The fourth-order valence-electron chi connectivity index (χ4n) is 1.33. The second kappa shape index (κ2) is 4.82. The number of ether oxygens (including phenoxy) is 1. The minimum absolute atomic E-state index is 0.00231. The number of hydrogen-bond acceptors (Lipinski definition) is 2. The average molecular weight is 208 g/mol. The molecule has 0 saturated carbocycles. The Kier molecular flexibility index (Phi) is 3.72. The smallest absolute Gasteiger partial charge is 0.307 e. The van der Waals surface area contributed by atoms with E-state index in [9.17, 15) is 4.79 Å². The van der Waals surface area contributed by atoms with E-state index in [1.807, 2.05) is 32.9 Å². The molecule has 1 aromatic carbocycles. The molecule has 1 N–H and O–H groups in total. The Balaban J connectivity index is 2.97. The summed E-state index contributed by atoms with van der Waals surface area (Å²) in [6, 6.07) is 5.57. The van der Waals surface area contributed by atoms with Gasteiger partial charge in [0.15, 0.2) is 0 Å². The van der Waals surface area contributed by atoms with Gasteiger partial charge in [0, 0.05) is 5.56 Å². The highest BCUT2D eigenvalue weighted by Crippen LogP contribution is 2.22. The molecule has 1 aromatic rings. The molecule has 0 radical (unpaired) electrons. The number of carboxylic acid groups (broad SMARTS) is 1. The molecule has 3 nitrogen and oxygen atoms in total. The van der Waals surface area contributed by atoms with Gasteiger partial charge in [-0.15, -0.1) is 0 Å². The third kappa shape index (κ3) is 3.62. The Bertz CT molecular complexity index is 356. The van der Waals surface area contributed by atoms with Crippen molar-refractivity contribution in [1.82, 2.24) is 0 Å². The number of aryl methyl sites for hydroxylation is 1. The first-order valence-electron chi connectivity index (χ1n) is 4.97. The van der Waals surface area contributed by atoms with Gasteiger partial charge in [0.05, 0.1) is 12.5 Å². The number of carboxylic acids is 1. The summed E-state index contributed by atoms with van der Waals surface area (Å²) in [5.74, 6) is -0.167. The van der Waals surface area contributed by atoms with E-state index in [0.717, 1.165) is 11.1 Å². The summed E-state index contributed by atoms with van der Waals surface area (Å²) in [6.45, 7) is 5.80. The van der Waals surface area contributed by atoms with Crippen LogP contribution >= 0.6 is 0 Å².